The molecule has 4 nitrogen and oxygen atoms in total. The molecule has 0 aliphatic heterocycles. The summed E-state index contributed by atoms with van der Waals surface area (Å²) in [5.41, 5.74) is 5.81. The van der Waals surface area contributed by atoms with Gasteiger partial charge in [0.2, 0.25) is 0 Å². The largest absolute Gasteiger partial charge is 0.456 e. The SMILES string of the molecule is Cc1ccc(C(=O)NCC2(N)CCC2)o1.Cl. The van der Waals surface area contributed by atoms with Gasteiger partial charge in [-0.1, -0.05) is 0 Å². The van der Waals surface area contributed by atoms with Crippen molar-refractivity contribution in [3.8, 4) is 0 Å². The van der Waals surface area contributed by atoms with Crippen molar-refractivity contribution < 1.29 is 9.21 Å². The molecule has 0 aromatic carbocycles. The van der Waals surface area contributed by atoms with Gasteiger partial charge in [-0.15, -0.1) is 12.4 Å². The third-order valence-corrected chi connectivity index (χ3v) is 2.91. The van der Waals surface area contributed by atoms with Crippen LogP contribution in [0.4, 0.5) is 0 Å². The Bertz CT molecular complexity index is 372. The number of furan rings is 1. The fourth-order valence-electron chi connectivity index (χ4n) is 1.71. The molecule has 1 aliphatic rings. The van der Waals surface area contributed by atoms with Gasteiger partial charge in [0.05, 0.1) is 0 Å². The molecule has 1 amide bonds. The fraction of sp³-hybridized carbons (Fsp3) is 0.545. The lowest BCUT2D eigenvalue weighted by Crippen LogP contribution is -2.54. The number of carbonyl (C=O) groups is 1. The molecule has 2 rings (SSSR count). The number of halogens is 1. The number of aryl methyl sites for hydroxylation is 1. The Balaban J connectivity index is 0.00000128. The monoisotopic (exact) mass is 244 g/mol. The van der Waals surface area contributed by atoms with Crippen LogP contribution in [0, 0.1) is 6.92 Å². The summed E-state index contributed by atoms with van der Waals surface area (Å²) in [5, 5.41) is 2.80. The van der Waals surface area contributed by atoms with Crippen molar-refractivity contribution >= 4 is 18.3 Å². The predicted octanol–water partition coefficient (Wildman–Crippen LogP) is 1.62. The molecule has 5 heteroatoms. The zero-order chi connectivity index (χ0) is 10.9. The van der Waals surface area contributed by atoms with E-state index < -0.39 is 0 Å². The maximum absolute atomic E-state index is 11.6. The van der Waals surface area contributed by atoms with Gasteiger partial charge in [0.15, 0.2) is 5.76 Å². The average molecular weight is 245 g/mol. The van der Waals surface area contributed by atoms with Gasteiger partial charge in [-0.25, -0.2) is 0 Å². The number of hydrogen-bond donors (Lipinski definition) is 2. The second kappa shape index (κ2) is 4.89. The minimum Gasteiger partial charge on any atom is -0.456 e. The summed E-state index contributed by atoms with van der Waals surface area (Å²) in [4.78, 5) is 11.6. The van der Waals surface area contributed by atoms with Crippen LogP contribution in [0.3, 0.4) is 0 Å². The first kappa shape index (κ1) is 13.1. The first-order chi connectivity index (χ1) is 7.09. The van der Waals surface area contributed by atoms with E-state index in [0.717, 1.165) is 25.0 Å². The van der Waals surface area contributed by atoms with Crippen molar-refractivity contribution in [3.05, 3.63) is 23.7 Å². The lowest BCUT2D eigenvalue weighted by Gasteiger charge is -2.37. The van der Waals surface area contributed by atoms with E-state index in [0.29, 0.717) is 12.3 Å². The van der Waals surface area contributed by atoms with Gasteiger partial charge in [0, 0.05) is 12.1 Å². The highest BCUT2D eigenvalue weighted by molar-refractivity contribution is 5.91. The molecule has 16 heavy (non-hydrogen) atoms. The highest BCUT2D eigenvalue weighted by atomic mass is 35.5. The second-order valence-corrected chi connectivity index (χ2v) is 4.31. The molecule has 0 radical (unpaired) electrons. The number of carbonyl (C=O) groups excluding carboxylic acids is 1. The van der Waals surface area contributed by atoms with Gasteiger partial charge in [0.1, 0.15) is 5.76 Å². The topological polar surface area (TPSA) is 68.3 Å². The smallest absolute Gasteiger partial charge is 0.287 e. The Labute approximate surface area is 101 Å². The van der Waals surface area contributed by atoms with E-state index in [1.165, 1.54) is 0 Å². The summed E-state index contributed by atoms with van der Waals surface area (Å²) in [6.45, 7) is 2.35. The van der Waals surface area contributed by atoms with Crippen LogP contribution in [-0.4, -0.2) is 18.0 Å². The molecule has 1 saturated carbocycles. The maximum atomic E-state index is 11.6. The zero-order valence-electron chi connectivity index (χ0n) is 9.29. The van der Waals surface area contributed by atoms with Crippen molar-refractivity contribution in [2.45, 2.75) is 31.7 Å². The minimum absolute atomic E-state index is 0. The zero-order valence-corrected chi connectivity index (χ0v) is 10.1. The van der Waals surface area contributed by atoms with E-state index in [1.54, 1.807) is 12.1 Å². The molecule has 1 aromatic heterocycles. The van der Waals surface area contributed by atoms with Crippen LogP contribution in [0.15, 0.2) is 16.5 Å². The van der Waals surface area contributed by atoms with Crippen LogP contribution in [0.1, 0.15) is 35.6 Å². The van der Waals surface area contributed by atoms with Crippen LogP contribution < -0.4 is 11.1 Å². The molecule has 90 valence electrons. The third-order valence-electron chi connectivity index (χ3n) is 2.91. The highest BCUT2D eigenvalue weighted by Crippen LogP contribution is 2.28. The van der Waals surface area contributed by atoms with Crippen molar-refractivity contribution in [2.24, 2.45) is 5.73 Å². The fourth-order valence-corrected chi connectivity index (χ4v) is 1.71. The number of hydrogen-bond acceptors (Lipinski definition) is 3. The van der Waals surface area contributed by atoms with E-state index in [9.17, 15) is 4.79 Å². The number of nitrogens with one attached hydrogen (secondary N) is 1. The molecular formula is C11H17ClN2O2. The van der Waals surface area contributed by atoms with E-state index in [1.807, 2.05) is 6.92 Å². The molecular weight excluding hydrogens is 228 g/mol. The van der Waals surface area contributed by atoms with Crippen molar-refractivity contribution in [3.63, 3.8) is 0 Å². The Hall–Kier alpha value is -1.00. The molecule has 1 aliphatic carbocycles. The van der Waals surface area contributed by atoms with Gasteiger partial charge < -0.3 is 15.5 Å². The molecule has 0 atom stereocenters. The van der Waals surface area contributed by atoms with Crippen LogP contribution >= 0.6 is 12.4 Å². The van der Waals surface area contributed by atoms with Crippen molar-refractivity contribution in [2.75, 3.05) is 6.54 Å². The summed E-state index contributed by atoms with van der Waals surface area (Å²) in [7, 11) is 0. The second-order valence-electron chi connectivity index (χ2n) is 4.31. The summed E-state index contributed by atoms with van der Waals surface area (Å²) in [6.07, 6.45) is 3.14. The molecule has 0 spiro atoms. The molecule has 1 heterocycles. The predicted molar refractivity (Wildman–Crippen MR) is 63.8 cm³/mol. The Morgan fingerprint density at radius 2 is 2.25 bits per heavy atom. The van der Waals surface area contributed by atoms with Crippen LogP contribution in [-0.2, 0) is 0 Å². The van der Waals surface area contributed by atoms with Crippen LogP contribution in [0.25, 0.3) is 0 Å². The third kappa shape index (κ3) is 2.77. The van der Waals surface area contributed by atoms with E-state index in [-0.39, 0.29) is 23.9 Å². The molecule has 0 unspecified atom stereocenters. The number of rotatable bonds is 3. The Morgan fingerprint density at radius 1 is 1.56 bits per heavy atom. The summed E-state index contributed by atoms with van der Waals surface area (Å²) < 4.78 is 5.21. The normalized spacial score (nSPS) is 17.1. The van der Waals surface area contributed by atoms with Gasteiger partial charge in [-0.3, -0.25) is 4.79 Å². The lowest BCUT2D eigenvalue weighted by molar-refractivity contribution is 0.0901. The van der Waals surface area contributed by atoms with E-state index >= 15 is 0 Å². The van der Waals surface area contributed by atoms with Gasteiger partial charge in [0.25, 0.3) is 5.91 Å². The number of nitrogens with two attached hydrogens (primary N) is 1. The summed E-state index contributed by atoms with van der Waals surface area (Å²) in [6, 6.07) is 3.45. The van der Waals surface area contributed by atoms with Crippen molar-refractivity contribution in [1.82, 2.24) is 5.32 Å². The number of amides is 1. The maximum Gasteiger partial charge on any atom is 0.287 e. The first-order valence-electron chi connectivity index (χ1n) is 5.23. The Kier molecular flexibility index (Phi) is 3.99. The molecule has 0 bridgehead atoms. The summed E-state index contributed by atoms with van der Waals surface area (Å²) in [5.74, 6) is 0.918. The quantitative estimate of drug-likeness (QED) is 0.849. The van der Waals surface area contributed by atoms with E-state index in [4.69, 9.17) is 10.2 Å². The lowest BCUT2D eigenvalue weighted by atomic mass is 9.78. The average Bonchev–Trinajstić information content (AvgIpc) is 2.58. The molecule has 1 aromatic rings. The molecule has 0 saturated heterocycles. The van der Waals surface area contributed by atoms with Crippen molar-refractivity contribution in [1.29, 1.82) is 0 Å². The van der Waals surface area contributed by atoms with Crippen LogP contribution in [0.5, 0.6) is 0 Å². The highest BCUT2D eigenvalue weighted by Gasteiger charge is 2.32. The first-order valence-corrected chi connectivity index (χ1v) is 5.23. The standard InChI is InChI=1S/C11H16N2O2.ClH/c1-8-3-4-9(15-8)10(14)13-7-11(12)5-2-6-11;/h3-4H,2,5-7,12H2,1H3,(H,13,14);1H. The van der Waals surface area contributed by atoms with Gasteiger partial charge in [-0.05, 0) is 38.3 Å². The van der Waals surface area contributed by atoms with E-state index in [2.05, 4.69) is 5.32 Å². The minimum atomic E-state index is -0.183. The van der Waals surface area contributed by atoms with Crippen LogP contribution in [0.2, 0.25) is 0 Å². The molecule has 1 fully saturated rings. The molecule has 3 N–H and O–H groups in total. The Morgan fingerprint density at radius 3 is 2.69 bits per heavy atom. The van der Waals surface area contributed by atoms with Gasteiger partial charge in [-0.2, -0.15) is 0 Å². The summed E-state index contributed by atoms with van der Waals surface area (Å²) >= 11 is 0. The van der Waals surface area contributed by atoms with Gasteiger partial charge >= 0.3 is 0 Å².